The molecule has 10 heteroatoms. The van der Waals surface area contributed by atoms with Crippen molar-refractivity contribution < 1.29 is 48.8 Å². The number of hydrogen-bond acceptors (Lipinski definition) is 10. The third-order valence-corrected chi connectivity index (χ3v) is 10.8. The number of rotatable bonds is 17. The number of hydrogen-bond donors (Lipinski definition) is 4. The molecule has 318 valence electrons. The lowest BCUT2D eigenvalue weighted by Crippen LogP contribution is -2.60. The van der Waals surface area contributed by atoms with E-state index in [2.05, 4.69) is 11.8 Å². The third-order valence-electron chi connectivity index (χ3n) is 10.8. The van der Waals surface area contributed by atoms with Crippen LogP contribution in [-0.2, 0) is 54.8 Å². The summed E-state index contributed by atoms with van der Waals surface area (Å²) >= 11 is 0. The van der Waals surface area contributed by atoms with Crippen LogP contribution in [0.1, 0.15) is 39.8 Å². The van der Waals surface area contributed by atoms with Crippen molar-refractivity contribution in [2.24, 2.45) is 0 Å². The second-order valence-corrected chi connectivity index (χ2v) is 15.3. The SMILES string of the molecule is OC[C@H]1O[C@H](CC=Cc2cccc(C#C[C@H]3O[C@H](COCc4ccccc4)[C@@H](OCc4ccccc4)[C@H](OCc4ccccc4)[C@@H]3OCc3ccccc3)c2)[C@@H](O)[C@@H](O)[C@@H]1O. The fourth-order valence-electron chi connectivity index (χ4n) is 7.49. The zero-order chi connectivity index (χ0) is 42.2. The zero-order valence-corrected chi connectivity index (χ0v) is 34.0. The van der Waals surface area contributed by atoms with Crippen LogP contribution in [0.3, 0.4) is 0 Å². The molecule has 0 bridgehead atoms. The standard InChI is InChI=1S/C51H54O10/c52-30-44-47(54)48(55)46(53)42(60-44)26-14-25-36-23-13-24-37(29-36)27-28-43-49(57-32-39-17-7-2-8-18-39)51(59-34-41-21-11-4-12-22-41)50(58-33-40-19-9-3-10-20-40)45(61-43)35-56-31-38-15-5-1-6-16-38/h1-25,29,42-55H,26,30-35H2/t42-,43-,44-,45-,46-,47-,48-,49-,50-,51-/m1/s1. The third kappa shape index (κ3) is 12.5. The van der Waals surface area contributed by atoms with Gasteiger partial charge in [-0.15, -0.1) is 0 Å². The Morgan fingerprint density at radius 3 is 1.62 bits per heavy atom. The quantitative estimate of drug-likeness (QED) is 0.0825. The van der Waals surface area contributed by atoms with Gasteiger partial charge in [0.05, 0.1) is 45.7 Å². The van der Waals surface area contributed by atoms with Crippen molar-refractivity contribution in [3.05, 3.63) is 185 Å². The molecular weight excluding hydrogens is 773 g/mol. The van der Waals surface area contributed by atoms with Crippen molar-refractivity contribution in [3.8, 4) is 11.8 Å². The summed E-state index contributed by atoms with van der Waals surface area (Å²) in [4.78, 5) is 0. The van der Waals surface area contributed by atoms with Gasteiger partial charge in [-0.3, -0.25) is 0 Å². The van der Waals surface area contributed by atoms with Gasteiger partial charge in [0.15, 0.2) is 0 Å². The largest absolute Gasteiger partial charge is 0.394 e. The van der Waals surface area contributed by atoms with E-state index in [1.165, 1.54) is 0 Å². The van der Waals surface area contributed by atoms with Gasteiger partial charge < -0.3 is 48.8 Å². The van der Waals surface area contributed by atoms with Gasteiger partial charge in [-0.2, -0.15) is 0 Å². The average molecular weight is 827 g/mol. The van der Waals surface area contributed by atoms with E-state index in [1.54, 1.807) is 0 Å². The summed E-state index contributed by atoms with van der Waals surface area (Å²) < 4.78 is 39.3. The summed E-state index contributed by atoms with van der Waals surface area (Å²) in [5.74, 6) is 6.75. The molecule has 5 aromatic rings. The van der Waals surface area contributed by atoms with Crippen LogP contribution >= 0.6 is 0 Å². The summed E-state index contributed by atoms with van der Waals surface area (Å²) in [7, 11) is 0. The minimum atomic E-state index is -1.42. The van der Waals surface area contributed by atoms with Crippen LogP contribution < -0.4 is 0 Å². The lowest BCUT2D eigenvalue weighted by Gasteiger charge is -2.45. The smallest absolute Gasteiger partial charge is 0.147 e. The normalized spacial score (nSPS) is 26.4. The Morgan fingerprint density at radius 2 is 1.05 bits per heavy atom. The molecule has 61 heavy (non-hydrogen) atoms. The van der Waals surface area contributed by atoms with E-state index < -0.39 is 67.6 Å². The van der Waals surface area contributed by atoms with Crippen molar-refractivity contribution >= 4 is 6.08 Å². The first-order chi connectivity index (χ1) is 29.9. The van der Waals surface area contributed by atoms with Gasteiger partial charge in [0.25, 0.3) is 0 Å². The molecule has 2 aliphatic rings. The molecule has 10 atom stereocenters. The van der Waals surface area contributed by atoms with Crippen molar-refractivity contribution in [2.75, 3.05) is 13.2 Å². The molecule has 0 radical (unpaired) electrons. The van der Waals surface area contributed by atoms with Crippen molar-refractivity contribution in [3.63, 3.8) is 0 Å². The predicted octanol–water partition coefficient (Wildman–Crippen LogP) is 6.02. The van der Waals surface area contributed by atoms with Crippen LogP contribution in [0.2, 0.25) is 0 Å². The van der Waals surface area contributed by atoms with Crippen molar-refractivity contribution in [2.45, 2.75) is 93.9 Å². The monoisotopic (exact) mass is 826 g/mol. The highest BCUT2D eigenvalue weighted by atomic mass is 16.6. The van der Waals surface area contributed by atoms with E-state index >= 15 is 0 Å². The minimum Gasteiger partial charge on any atom is -0.394 e. The van der Waals surface area contributed by atoms with E-state index in [0.29, 0.717) is 26.4 Å². The summed E-state index contributed by atoms with van der Waals surface area (Å²) in [6, 6.07) is 47.7. The van der Waals surface area contributed by atoms with Crippen LogP contribution in [-0.4, -0.2) is 94.7 Å². The van der Waals surface area contributed by atoms with Gasteiger partial charge >= 0.3 is 0 Å². The van der Waals surface area contributed by atoms with E-state index in [0.717, 1.165) is 33.4 Å². The lowest BCUT2D eigenvalue weighted by atomic mass is 9.93. The van der Waals surface area contributed by atoms with Gasteiger partial charge in [-0.05, 0) is 46.4 Å². The lowest BCUT2D eigenvalue weighted by molar-refractivity contribution is -0.261. The topological polar surface area (TPSA) is 136 Å². The molecule has 4 N–H and O–H groups in total. The number of aliphatic hydroxyl groups is 4. The first-order valence-electron chi connectivity index (χ1n) is 20.8. The van der Waals surface area contributed by atoms with Crippen molar-refractivity contribution in [1.82, 2.24) is 0 Å². The number of benzene rings is 5. The molecule has 5 aromatic carbocycles. The Bertz CT molecular complexity index is 2120. The first kappa shape index (κ1) is 44.1. The molecule has 2 aliphatic heterocycles. The Morgan fingerprint density at radius 1 is 0.525 bits per heavy atom. The van der Waals surface area contributed by atoms with Crippen LogP contribution in [0, 0.1) is 11.8 Å². The molecule has 0 aliphatic carbocycles. The number of ether oxygens (including phenoxy) is 6. The highest BCUT2D eigenvalue weighted by Crippen LogP contribution is 2.31. The summed E-state index contributed by atoms with van der Waals surface area (Å²) in [5.41, 5.74) is 5.64. The molecule has 10 nitrogen and oxygen atoms in total. The molecule has 0 amide bonds. The molecule has 0 saturated carbocycles. The second-order valence-electron chi connectivity index (χ2n) is 15.3. The highest BCUT2D eigenvalue weighted by Gasteiger charge is 2.48. The summed E-state index contributed by atoms with van der Waals surface area (Å²) in [5, 5.41) is 40.4. The summed E-state index contributed by atoms with van der Waals surface area (Å²) in [6.07, 6.45) is -5.10. The van der Waals surface area contributed by atoms with Gasteiger partial charge in [0, 0.05) is 5.56 Å². The van der Waals surface area contributed by atoms with Crippen LogP contribution in [0.4, 0.5) is 0 Å². The zero-order valence-electron chi connectivity index (χ0n) is 34.0. The molecular formula is C51H54O10. The van der Waals surface area contributed by atoms with Gasteiger partial charge in [0.1, 0.15) is 54.9 Å². The predicted molar refractivity (Wildman–Crippen MR) is 231 cm³/mol. The Hall–Kier alpha value is -5.00. The van der Waals surface area contributed by atoms with Gasteiger partial charge in [-0.25, -0.2) is 0 Å². The minimum absolute atomic E-state index is 0.220. The molecule has 0 aromatic heterocycles. The Kier molecular flexibility index (Phi) is 16.4. The van der Waals surface area contributed by atoms with Crippen LogP contribution in [0.15, 0.2) is 152 Å². The van der Waals surface area contributed by atoms with Crippen molar-refractivity contribution in [1.29, 1.82) is 0 Å². The maximum absolute atomic E-state index is 10.5. The second kappa shape index (κ2) is 22.7. The molecule has 7 rings (SSSR count). The molecule has 0 unspecified atom stereocenters. The number of aliphatic hydroxyl groups excluding tert-OH is 4. The first-order valence-corrected chi connectivity index (χ1v) is 20.8. The molecule has 2 fully saturated rings. The van der Waals surface area contributed by atoms with E-state index in [4.69, 9.17) is 28.4 Å². The fraction of sp³-hybridized carbons (Fsp3) is 0.333. The Balaban J connectivity index is 1.17. The molecule has 2 heterocycles. The van der Waals surface area contributed by atoms with Gasteiger partial charge in [-0.1, -0.05) is 157 Å². The molecule has 0 spiro atoms. The maximum atomic E-state index is 10.5. The van der Waals surface area contributed by atoms with E-state index in [-0.39, 0.29) is 13.0 Å². The Labute approximate surface area is 357 Å². The van der Waals surface area contributed by atoms with Crippen LogP contribution in [0.25, 0.3) is 6.08 Å². The maximum Gasteiger partial charge on any atom is 0.147 e. The summed E-state index contributed by atoms with van der Waals surface area (Å²) in [6.45, 7) is 1.08. The van der Waals surface area contributed by atoms with E-state index in [9.17, 15) is 20.4 Å². The van der Waals surface area contributed by atoms with E-state index in [1.807, 2.05) is 158 Å². The average Bonchev–Trinajstić information content (AvgIpc) is 3.30. The fourth-order valence-corrected chi connectivity index (χ4v) is 7.49. The highest BCUT2D eigenvalue weighted by molar-refractivity contribution is 5.53. The van der Waals surface area contributed by atoms with Gasteiger partial charge in [0.2, 0.25) is 0 Å². The molecule has 2 saturated heterocycles. The van der Waals surface area contributed by atoms with Crippen LogP contribution in [0.5, 0.6) is 0 Å².